The standard InChI is InChI=1S/C14H19ClOS/c1-2-3-10-4-6-11(7-5-10)14(16)12-8-9-13(15)17-12/h8-11H,2-7H2,1H3. The van der Waals surface area contributed by atoms with Crippen molar-refractivity contribution in [1.82, 2.24) is 0 Å². The summed E-state index contributed by atoms with van der Waals surface area (Å²) < 4.78 is 0.716. The monoisotopic (exact) mass is 270 g/mol. The van der Waals surface area contributed by atoms with Gasteiger partial charge in [0.15, 0.2) is 5.78 Å². The molecule has 0 saturated heterocycles. The van der Waals surface area contributed by atoms with Crippen LogP contribution in [0.15, 0.2) is 12.1 Å². The molecule has 0 amide bonds. The summed E-state index contributed by atoms with van der Waals surface area (Å²) in [5.74, 6) is 1.42. The number of hydrogen-bond acceptors (Lipinski definition) is 2. The molecule has 17 heavy (non-hydrogen) atoms. The van der Waals surface area contributed by atoms with Gasteiger partial charge in [0.2, 0.25) is 0 Å². The maximum atomic E-state index is 12.2. The van der Waals surface area contributed by atoms with Gasteiger partial charge in [-0.25, -0.2) is 0 Å². The molecule has 0 bridgehead atoms. The first-order valence-electron chi connectivity index (χ1n) is 6.50. The molecule has 0 spiro atoms. The average molecular weight is 271 g/mol. The summed E-state index contributed by atoms with van der Waals surface area (Å²) in [6, 6.07) is 3.69. The molecule has 1 saturated carbocycles. The Morgan fingerprint density at radius 3 is 2.59 bits per heavy atom. The van der Waals surface area contributed by atoms with E-state index in [2.05, 4.69) is 6.92 Å². The minimum absolute atomic E-state index is 0.248. The number of Topliss-reactive ketones (excluding diaryl/α,β-unsaturated/α-hetero) is 1. The highest BCUT2D eigenvalue weighted by Crippen LogP contribution is 2.34. The van der Waals surface area contributed by atoms with Crippen molar-refractivity contribution in [1.29, 1.82) is 0 Å². The molecule has 0 aromatic carbocycles. The van der Waals surface area contributed by atoms with Gasteiger partial charge in [-0.1, -0.05) is 31.4 Å². The fourth-order valence-electron chi connectivity index (χ4n) is 2.77. The van der Waals surface area contributed by atoms with Crippen molar-refractivity contribution in [3.63, 3.8) is 0 Å². The summed E-state index contributed by atoms with van der Waals surface area (Å²) in [7, 11) is 0. The van der Waals surface area contributed by atoms with E-state index in [1.807, 2.05) is 12.1 Å². The summed E-state index contributed by atoms with van der Waals surface area (Å²) >= 11 is 7.29. The topological polar surface area (TPSA) is 17.1 Å². The van der Waals surface area contributed by atoms with Crippen molar-refractivity contribution in [3.05, 3.63) is 21.3 Å². The third-order valence-corrected chi connectivity index (χ3v) is 4.98. The van der Waals surface area contributed by atoms with Crippen molar-refractivity contribution < 1.29 is 4.79 Å². The average Bonchev–Trinajstić information content (AvgIpc) is 2.76. The Kier molecular flexibility index (Phi) is 4.63. The molecule has 0 N–H and O–H groups in total. The SMILES string of the molecule is CCCC1CCC(C(=O)c2ccc(Cl)s2)CC1. The van der Waals surface area contributed by atoms with Gasteiger partial charge in [-0.05, 0) is 43.7 Å². The Balaban J connectivity index is 1.90. The first-order valence-corrected chi connectivity index (χ1v) is 7.69. The van der Waals surface area contributed by atoms with Gasteiger partial charge >= 0.3 is 0 Å². The van der Waals surface area contributed by atoms with Crippen LogP contribution >= 0.6 is 22.9 Å². The fraction of sp³-hybridized carbons (Fsp3) is 0.643. The normalized spacial score (nSPS) is 24.8. The lowest BCUT2D eigenvalue weighted by Crippen LogP contribution is -2.21. The Morgan fingerprint density at radius 2 is 2.06 bits per heavy atom. The molecular weight excluding hydrogens is 252 g/mol. The maximum Gasteiger partial charge on any atom is 0.175 e. The second-order valence-electron chi connectivity index (χ2n) is 4.97. The maximum absolute atomic E-state index is 12.2. The molecule has 0 aliphatic heterocycles. The van der Waals surface area contributed by atoms with E-state index in [1.54, 1.807) is 0 Å². The van der Waals surface area contributed by atoms with Crippen LogP contribution in [0.5, 0.6) is 0 Å². The molecule has 1 fully saturated rings. The van der Waals surface area contributed by atoms with Crippen molar-refractivity contribution in [2.45, 2.75) is 45.4 Å². The number of hydrogen-bond donors (Lipinski definition) is 0. The molecule has 2 rings (SSSR count). The minimum atomic E-state index is 0.248. The van der Waals surface area contributed by atoms with Crippen LogP contribution in [0.25, 0.3) is 0 Å². The van der Waals surface area contributed by atoms with Crippen LogP contribution in [0.1, 0.15) is 55.1 Å². The van der Waals surface area contributed by atoms with Gasteiger partial charge in [0.05, 0.1) is 9.21 Å². The smallest absolute Gasteiger partial charge is 0.175 e. The summed E-state index contributed by atoms with van der Waals surface area (Å²) in [6.07, 6.45) is 7.18. The van der Waals surface area contributed by atoms with Crippen LogP contribution in [0.2, 0.25) is 4.34 Å². The van der Waals surface area contributed by atoms with E-state index >= 15 is 0 Å². The zero-order chi connectivity index (χ0) is 12.3. The molecule has 1 heterocycles. The molecule has 1 aromatic rings. The van der Waals surface area contributed by atoms with Gasteiger partial charge in [-0.3, -0.25) is 4.79 Å². The lowest BCUT2D eigenvalue weighted by Gasteiger charge is -2.27. The van der Waals surface area contributed by atoms with Gasteiger partial charge in [0.25, 0.3) is 0 Å². The Labute approximate surface area is 112 Å². The summed E-state index contributed by atoms with van der Waals surface area (Å²) in [4.78, 5) is 13.1. The predicted octanol–water partition coefficient (Wildman–Crippen LogP) is 5.19. The highest BCUT2D eigenvalue weighted by molar-refractivity contribution is 7.18. The molecule has 0 unspecified atom stereocenters. The lowest BCUT2D eigenvalue weighted by atomic mass is 9.78. The summed E-state index contributed by atoms with van der Waals surface area (Å²) in [5, 5.41) is 0. The molecule has 1 aliphatic rings. The van der Waals surface area contributed by atoms with Crippen molar-refractivity contribution in [2.75, 3.05) is 0 Å². The van der Waals surface area contributed by atoms with Gasteiger partial charge < -0.3 is 0 Å². The third-order valence-electron chi connectivity index (χ3n) is 3.73. The van der Waals surface area contributed by atoms with Crippen LogP contribution < -0.4 is 0 Å². The first-order chi connectivity index (χ1) is 8.20. The van der Waals surface area contributed by atoms with Crippen molar-refractivity contribution in [2.24, 2.45) is 11.8 Å². The van der Waals surface area contributed by atoms with Crippen LogP contribution in [0.3, 0.4) is 0 Å². The van der Waals surface area contributed by atoms with Crippen LogP contribution in [0.4, 0.5) is 0 Å². The Hall–Kier alpha value is -0.340. The molecule has 0 radical (unpaired) electrons. The van der Waals surface area contributed by atoms with E-state index in [-0.39, 0.29) is 5.92 Å². The molecule has 94 valence electrons. The Morgan fingerprint density at radius 1 is 1.35 bits per heavy atom. The quantitative estimate of drug-likeness (QED) is 0.688. The van der Waals surface area contributed by atoms with Gasteiger partial charge in [0.1, 0.15) is 0 Å². The summed E-state index contributed by atoms with van der Waals surface area (Å²) in [6.45, 7) is 2.24. The van der Waals surface area contributed by atoms with Gasteiger partial charge in [0, 0.05) is 5.92 Å². The predicted molar refractivity (Wildman–Crippen MR) is 74.0 cm³/mol. The number of rotatable bonds is 4. The van der Waals surface area contributed by atoms with Gasteiger partial charge in [-0.2, -0.15) is 0 Å². The van der Waals surface area contributed by atoms with Crippen LogP contribution in [-0.4, -0.2) is 5.78 Å². The molecule has 1 aromatic heterocycles. The highest BCUT2D eigenvalue weighted by Gasteiger charge is 2.27. The van der Waals surface area contributed by atoms with Gasteiger partial charge in [-0.15, -0.1) is 11.3 Å². The zero-order valence-corrected chi connectivity index (χ0v) is 11.8. The molecule has 1 nitrogen and oxygen atoms in total. The number of carbonyl (C=O) groups excluding carboxylic acids is 1. The second-order valence-corrected chi connectivity index (χ2v) is 6.69. The Bertz CT molecular complexity index is 377. The van der Waals surface area contributed by atoms with Crippen molar-refractivity contribution in [3.8, 4) is 0 Å². The van der Waals surface area contributed by atoms with E-state index in [1.165, 1.54) is 37.0 Å². The second kappa shape index (κ2) is 6.01. The number of carbonyl (C=O) groups is 1. The van der Waals surface area contributed by atoms with E-state index in [0.29, 0.717) is 10.1 Å². The van der Waals surface area contributed by atoms with E-state index in [9.17, 15) is 4.79 Å². The number of thiophene rings is 1. The van der Waals surface area contributed by atoms with E-state index in [0.717, 1.165) is 23.6 Å². The number of halogens is 1. The summed E-state index contributed by atoms with van der Waals surface area (Å²) in [5.41, 5.74) is 0. The van der Waals surface area contributed by atoms with Crippen LogP contribution in [-0.2, 0) is 0 Å². The van der Waals surface area contributed by atoms with Crippen molar-refractivity contribution >= 4 is 28.7 Å². The minimum Gasteiger partial charge on any atom is -0.293 e. The lowest BCUT2D eigenvalue weighted by molar-refractivity contribution is 0.0874. The van der Waals surface area contributed by atoms with Crippen LogP contribution in [0, 0.1) is 11.8 Å². The molecular formula is C14H19ClOS. The molecule has 3 heteroatoms. The first kappa shape index (κ1) is 13.1. The fourth-order valence-corrected chi connectivity index (χ4v) is 3.83. The van der Waals surface area contributed by atoms with E-state index in [4.69, 9.17) is 11.6 Å². The largest absolute Gasteiger partial charge is 0.293 e. The zero-order valence-electron chi connectivity index (χ0n) is 10.2. The van der Waals surface area contributed by atoms with E-state index < -0.39 is 0 Å². The highest BCUT2D eigenvalue weighted by atomic mass is 35.5. The third kappa shape index (κ3) is 3.32. The molecule has 0 atom stereocenters. The number of ketones is 1. The molecule has 1 aliphatic carbocycles.